The van der Waals surface area contributed by atoms with Crippen molar-refractivity contribution in [2.24, 2.45) is 4.99 Å². The van der Waals surface area contributed by atoms with Crippen molar-refractivity contribution in [1.29, 1.82) is 0 Å². The Labute approximate surface area is 161 Å². The molecule has 0 fully saturated rings. The standard InChI is InChI=1S/C20H18N4O2S/c1-13-4-6-17(7-5-13)21-12-16-11-18(24(25)26)8-9-19(16)27-20-22-14(2)10-15(3)23-20/h4-12H,1-3H3. The van der Waals surface area contributed by atoms with Gasteiger partial charge in [0.25, 0.3) is 5.69 Å². The van der Waals surface area contributed by atoms with Crippen LogP contribution in [0.25, 0.3) is 0 Å². The van der Waals surface area contributed by atoms with Gasteiger partial charge in [0, 0.05) is 40.2 Å². The zero-order chi connectivity index (χ0) is 19.4. The van der Waals surface area contributed by atoms with E-state index in [1.165, 1.54) is 23.9 Å². The second kappa shape index (κ2) is 8.09. The second-order valence-electron chi connectivity index (χ2n) is 6.11. The van der Waals surface area contributed by atoms with Crippen LogP contribution < -0.4 is 0 Å². The van der Waals surface area contributed by atoms with Gasteiger partial charge in [-0.1, -0.05) is 17.7 Å². The Morgan fingerprint density at radius 2 is 1.67 bits per heavy atom. The Kier molecular flexibility index (Phi) is 5.61. The van der Waals surface area contributed by atoms with E-state index in [9.17, 15) is 10.1 Å². The first kappa shape index (κ1) is 18.7. The number of aromatic nitrogens is 2. The normalized spacial score (nSPS) is 11.1. The summed E-state index contributed by atoms with van der Waals surface area (Å²) in [5.41, 5.74) is 4.35. The number of hydrogen-bond acceptors (Lipinski definition) is 6. The van der Waals surface area contributed by atoms with E-state index in [2.05, 4.69) is 15.0 Å². The number of hydrogen-bond donors (Lipinski definition) is 0. The van der Waals surface area contributed by atoms with Gasteiger partial charge in [-0.15, -0.1) is 0 Å². The van der Waals surface area contributed by atoms with Crippen molar-refractivity contribution in [2.75, 3.05) is 0 Å². The molecular formula is C20H18N4O2S. The lowest BCUT2D eigenvalue weighted by atomic mass is 10.2. The van der Waals surface area contributed by atoms with E-state index in [1.54, 1.807) is 12.3 Å². The van der Waals surface area contributed by atoms with E-state index in [1.807, 2.05) is 51.1 Å². The maximum Gasteiger partial charge on any atom is 0.270 e. The van der Waals surface area contributed by atoms with Gasteiger partial charge < -0.3 is 0 Å². The van der Waals surface area contributed by atoms with Crippen LogP contribution in [0.15, 0.2) is 63.6 Å². The van der Waals surface area contributed by atoms with Crippen LogP contribution in [0.5, 0.6) is 0 Å². The highest BCUT2D eigenvalue weighted by Crippen LogP contribution is 2.30. The minimum Gasteiger partial charge on any atom is -0.258 e. The topological polar surface area (TPSA) is 81.3 Å². The van der Waals surface area contributed by atoms with Crippen molar-refractivity contribution >= 4 is 29.4 Å². The largest absolute Gasteiger partial charge is 0.270 e. The molecule has 0 aliphatic heterocycles. The van der Waals surface area contributed by atoms with Crippen molar-refractivity contribution < 1.29 is 4.92 Å². The summed E-state index contributed by atoms with van der Waals surface area (Å²) in [6.07, 6.45) is 1.64. The lowest BCUT2D eigenvalue weighted by molar-refractivity contribution is -0.384. The minimum absolute atomic E-state index is 0.0195. The van der Waals surface area contributed by atoms with E-state index in [0.717, 1.165) is 27.5 Å². The van der Waals surface area contributed by atoms with Crippen LogP contribution in [0.1, 0.15) is 22.5 Å². The molecule has 1 aromatic heterocycles. The van der Waals surface area contributed by atoms with Crippen molar-refractivity contribution in [3.05, 3.63) is 81.2 Å². The van der Waals surface area contributed by atoms with Gasteiger partial charge >= 0.3 is 0 Å². The summed E-state index contributed by atoms with van der Waals surface area (Å²) >= 11 is 1.36. The molecule has 0 atom stereocenters. The van der Waals surface area contributed by atoms with Crippen LogP contribution in [0.2, 0.25) is 0 Å². The van der Waals surface area contributed by atoms with Crippen LogP contribution >= 0.6 is 11.8 Å². The number of benzene rings is 2. The molecule has 136 valence electrons. The summed E-state index contributed by atoms with van der Waals surface area (Å²) < 4.78 is 0. The summed E-state index contributed by atoms with van der Waals surface area (Å²) in [4.78, 5) is 24.9. The number of non-ortho nitro benzene ring substituents is 1. The van der Waals surface area contributed by atoms with Crippen molar-refractivity contribution in [1.82, 2.24) is 9.97 Å². The molecular weight excluding hydrogens is 360 g/mol. The molecule has 27 heavy (non-hydrogen) atoms. The number of rotatable bonds is 5. The van der Waals surface area contributed by atoms with Gasteiger partial charge in [0.2, 0.25) is 0 Å². The lowest BCUT2D eigenvalue weighted by Crippen LogP contribution is -1.95. The average Bonchev–Trinajstić information content (AvgIpc) is 2.61. The molecule has 0 amide bonds. The fourth-order valence-electron chi connectivity index (χ4n) is 2.46. The van der Waals surface area contributed by atoms with E-state index in [4.69, 9.17) is 0 Å². The number of nitro benzene ring substituents is 1. The molecule has 1 heterocycles. The predicted molar refractivity (Wildman–Crippen MR) is 107 cm³/mol. The molecule has 0 spiro atoms. The second-order valence-corrected chi connectivity index (χ2v) is 7.12. The molecule has 0 aliphatic carbocycles. The molecule has 6 nitrogen and oxygen atoms in total. The third-order valence-electron chi connectivity index (χ3n) is 3.75. The summed E-state index contributed by atoms with van der Waals surface area (Å²) in [5, 5.41) is 11.8. The highest BCUT2D eigenvalue weighted by Gasteiger charge is 2.12. The highest BCUT2D eigenvalue weighted by molar-refractivity contribution is 7.99. The Hall–Kier alpha value is -3.06. The first-order valence-corrected chi connectivity index (χ1v) is 9.12. The van der Waals surface area contributed by atoms with Crippen molar-refractivity contribution in [2.45, 2.75) is 30.8 Å². The first-order chi connectivity index (χ1) is 12.9. The summed E-state index contributed by atoms with van der Waals surface area (Å²) in [6, 6.07) is 14.4. The predicted octanol–water partition coefficient (Wildman–Crippen LogP) is 5.21. The third-order valence-corrected chi connectivity index (χ3v) is 4.71. The zero-order valence-corrected chi connectivity index (χ0v) is 16.0. The van der Waals surface area contributed by atoms with Gasteiger partial charge in [0.05, 0.1) is 10.6 Å². The van der Waals surface area contributed by atoms with Crippen molar-refractivity contribution in [3.8, 4) is 0 Å². The molecule has 3 rings (SSSR count). The van der Waals surface area contributed by atoms with Crippen LogP contribution in [-0.4, -0.2) is 21.1 Å². The van der Waals surface area contributed by atoms with Crippen LogP contribution in [0.4, 0.5) is 11.4 Å². The maximum absolute atomic E-state index is 11.2. The average molecular weight is 378 g/mol. The SMILES string of the molecule is Cc1ccc(N=Cc2cc([N+](=O)[O-])ccc2Sc2nc(C)cc(C)n2)cc1. The monoisotopic (exact) mass is 378 g/mol. The molecule has 0 bridgehead atoms. The summed E-state index contributed by atoms with van der Waals surface area (Å²) in [5.74, 6) is 0. The van der Waals surface area contributed by atoms with Gasteiger partial charge in [-0.05, 0) is 56.8 Å². The van der Waals surface area contributed by atoms with Crippen LogP contribution in [-0.2, 0) is 0 Å². The lowest BCUT2D eigenvalue weighted by Gasteiger charge is -2.06. The Morgan fingerprint density at radius 1 is 1.00 bits per heavy atom. The Morgan fingerprint density at radius 3 is 2.30 bits per heavy atom. The molecule has 0 saturated heterocycles. The van der Waals surface area contributed by atoms with Crippen LogP contribution in [0.3, 0.4) is 0 Å². The van der Waals surface area contributed by atoms with Gasteiger partial charge in [-0.3, -0.25) is 15.1 Å². The Bertz CT molecular complexity index is 997. The van der Waals surface area contributed by atoms with E-state index >= 15 is 0 Å². The Balaban J connectivity index is 1.97. The molecule has 0 saturated carbocycles. The van der Waals surface area contributed by atoms with E-state index in [0.29, 0.717) is 10.7 Å². The summed E-state index contributed by atoms with van der Waals surface area (Å²) in [6.45, 7) is 5.83. The van der Waals surface area contributed by atoms with Crippen LogP contribution in [0, 0.1) is 30.9 Å². The molecule has 0 N–H and O–H groups in total. The fraction of sp³-hybridized carbons (Fsp3) is 0.150. The minimum atomic E-state index is -0.412. The van der Waals surface area contributed by atoms with Gasteiger partial charge in [0.15, 0.2) is 5.16 Å². The van der Waals surface area contributed by atoms with E-state index < -0.39 is 4.92 Å². The van der Waals surface area contributed by atoms with Gasteiger partial charge in [-0.2, -0.15) is 0 Å². The number of aryl methyl sites for hydroxylation is 3. The number of nitrogens with zero attached hydrogens (tertiary/aromatic N) is 4. The van der Waals surface area contributed by atoms with E-state index in [-0.39, 0.29) is 5.69 Å². The number of aliphatic imine (C=N–C) groups is 1. The molecule has 0 radical (unpaired) electrons. The van der Waals surface area contributed by atoms with Gasteiger partial charge in [-0.25, -0.2) is 9.97 Å². The number of nitro groups is 1. The molecule has 0 unspecified atom stereocenters. The maximum atomic E-state index is 11.2. The third kappa shape index (κ3) is 4.98. The smallest absolute Gasteiger partial charge is 0.258 e. The van der Waals surface area contributed by atoms with Gasteiger partial charge in [0.1, 0.15) is 0 Å². The molecule has 3 aromatic rings. The highest BCUT2D eigenvalue weighted by atomic mass is 32.2. The first-order valence-electron chi connectivity index (χ1n) is 8.30. The summed E-state index contributed by atoms with van der Waals surface area (Å²) in [7, 11) is 0. The molecule has 2 aromatic carbocycles. The molecule has 7 heteroatoms. The quantitative estimate of drug-likeness (QED) is 0.263. The van der Waals surface area contributed by atoms with Crippen molar-refractivity contribution in [3.63, 3.8) is 0 Å². The fourth-order valence-corrected chi connectivity index (χ4v) is 3.40. The zero-order valence-electron chi connectivity index (χ0n) is 15.2. The molecule has 0 aliphatic rings.